The van der Waals surface area contributed by atoms with Crippen molar-refractivity contribution < 1.29 is 14.2 Å². The molecule has 1 fully saturated rings. The largest absolute Gasteiger partial charge is 0.497 e. The van der Waals surface area contributed by atoms with Gasteiger partial charge < -0.3 is 14.7 Å². The first-order chi connectivity index (χ1) is 16.2. The minimum absolute atomic E-state index is 0.158. The first-order valence-electron chi connectivity index (χ1n) is 11.6. The van der Waals surface area contributed by atoms with E-state index in [0.29, 0.717) is 23.7 Å². The van der Waals surface area contributed by atoms with Crippen molar-refractivity contribution >= 4 is 22.7 Å². The van der Waals surface area contributed by atoms with Crippen molar-refractivity contribution in [1.29, 1.82) is 0 Å². The molecule has 0 aliphatic carbocycles. The molecule has 1 aliphatic heterocycles. The van der Waals surface area contributed by atoms with Crippen molar-refractivity contribution in [1.82, 2.24) is 14.9 Å². The van der Waals surface area contributed by atoms with Gasteiger partial charge in [-0.25, -0.2) is 4.39 Å². The molecule has 0 bridgehead atoms. The Balaban J connectivity index is 1.30. The third-order valence-corrected chi connectivity index (χ3v) is 7.64. The quantitative estimate of drug-likeness (QED) is 0.414. The highest BCUT2D eigenvalue weighted by atomic mass is 32.2. The van der Waals surface area contributed by atoms with Crippen molar-refractivity contribution in [2.45, 2.75) is 30.3 Å². The molecule has 1 N–H and O–H groups in total. The Morgan fingerprint density at radius 3 is 2.82 bits per heavy atom. The van der Waals surface area contributed by atoms with Crippen LogP contribution < -0.4 is 4.74 Å². The van der Waals surface area contributed by atoms with E-state index in [1.807, 2.05) is 54.5 Å². The first-order valence-corrected chi connectivity index (χ1v) is 12.6. The van der Waals surface area contributed by atoms with Gasteiger partial charge in [0.15, 0.2) is 0 Å². The Hall–Kier alpha value is -2.22. The summed E-state index contributed by atoms with van der Waals surface area (Å²) in [4.78, 5) is 12.1. The van der Waals surface area contributed by atoms with Crippen LogP contribution in [0.4, 0.5) is 4.39 Å². The summed E-state index contributed by atoms with van der Waals surface area (Å²) >= 11 is 1.83. The van der Waals surface area contributed by atoms with Crippen LogP contribution in [0.5, 0.6) is 5.75 Å². The number of thioether (sulfide) groups is 1. The predicted molar refractivity (Wildman–Crippen MR) is 131 cm³/mol. The van der Waals surface area contributed by atoms with E-state index in [1.54, 1.807) is 19.4 Å². The van der Waals surface area contributed by atoms with E-state index in [0.717, 1.165) is 49.1 Å². The number of rotatable bonds is 10. The van der Waals surface area contributed by atoms with Crippen LogP contribution in [-0.4, -0.2) is 59.1 Å². The lowest BCUT2D eigenvalue weighted by molar-refractivity contribution is 0.0672. The summed E-state index contributed by atoms with van der Waals surface area (Å²) in [7, 11) is 1.61. The monoisotopic (exact) mass is 469 g/mol. The van der Waals surface area contributed by atoms with Gasteiger partial charge in [0.1, 0.15) is 11.9 Å². The lowest BCUT2D eigenvalue weighted by Crippen LogP contribution is -2.43. The molecule has 2 aromatic heterocycles. The van der Waals surface area contributed by atoms with Crippen LogP contribution in [-0.2, 0) is 0 Å². The van der Waals surface area contributed by atoms with Gasteiger partial charge in [-0.15, -0.1) is 11.8 Å². The van der Waals surface area contributed by atoms with Gasteiger partial charge >= 0.3 is 0 Å². The molecule has 176 valence electrons. The molecule has 1 saturated heterocycles. The molecule has 4 rings (SSSR count). The number of pyridine rings is 2. The Labute approximate surface area is 199 Å². The molecule has 0 spiro atoms. The molecule has 0 unspecified atom stereocenters. The average Bonchev–Trinajstić information content (AvgIpc) is 2.87. The number of methoxy groups -OCH3 is 1. The lowest BCUT2D eigenvalue weighted by atomic mass is 9.81. The first kappa shape index (κ1) is 23.9. The lowest BCUT2D eigenvalue weighted by Gasteiger charge is -2.38. The molecule has 3 heterocycles. The van der Waals surface area contributed by atoms with E-state index in [-0.39, 0.29) is 12.5 Å². The summed E-state index contributed by atoms with van der Waals surface area (Å²) in [5, 5.41) is 10.8. The van der Waals surface area contributed by atoms with Crippen LogP contribution in [0.1, 0.15) is 31.0 Å². The smallest absolute Gasteiger partial charge is 0.126 e. The van der Waals surface area contributed by atoms with Crippen LogP contribution >= 0.6 is 11.8 Å². The zero-order valence-corrected chi connectivity index (χ0v) is 19.9. The Morgan fingerprint density at radius 1 is 1.18 bits per heavy atom. The second-order valence-corrected chi connectivity index (χ2v) is 9.82. The van der Waals surface area contributed by atoms with E-state index in [9.17, 15) is 5.11 Å². The second kappa shape index (κ2) is 11.8. The number of benzene rings is 1. The van der Waals surface area contributed by atoms with Gasteiger partial charge in [-0.2, -0.15) is 0 Å². The number of fused-ring (bicyclic) bond motifs is 1. The normalized spacial score (nSPS) is 20.1. The topological polar surface area (TPSA) is 58.5 Å². The summed E-state index contributed by atoms with van der Waals surface area (Å²) in [6.07, 6.45) is 6.49. The van der Waals surface area contributed by atoms with Crippen LogP contribution in [0.15, 0.2) is 59.9 Å². The SMILES string of the molecule is COc1ccc2nccc([C@H](F)CC[C@@H]3CCN(CCSc4ccncc4)C[C@@H]3CO)c2c1. The highest BCUT2D eigenvalue weighted by Gasteiger charge is 2.29. The molecule has 7 heteroatoms. The molecule has 1 aromatic carbocycles. The van der Waals surface area contributed by atoms with Gasteiger partial charge in [0.05, 0.1) is 12.6 Å². The second-order valence-electron chi connectivity index (χ2n) is 8.65. The fraction of sp³-hybridized carbons (Fsp3) is 0.462. The maximum Gasteiger partial charge on any atom is 0.126 e. The number of halogens is 1. The van der Waals surface area contributed by atoms with Gasteiger partial charge in [-0.3, -0.25) is 9.97 Å². The minimum Gasteiger partial charge on any atom is -0.497 e. The summed E-state index contributed by atoms with van der Waals surface area (Å²) in [6, 6.07) is 11.4. The predicted octanol–water partition coefficient (Wildman–Crippen LogP) is 5.15. The van der Waals surface area contributed by atoms with Gasteiger partial charge in [-0.05, 0) is 79.6 Å². The van der Waals surface area contributed by atoms with Gasteiger partial charge in [0.25, 0.3) is 0 Å². The highest BCUT2D eigenvalue weighted by Crippen LogP contribution is 2.35. The van der Waals surface area contributed by atoms with E-state index in [4.69, 9.17) is 4.74 Å². The zero-order chi connectivity index (χ0) is 23.0. The molecule has 0 amide bonds. The maximum atomic E-state index is 15.3. The maximum absolute atomic E-state index is 15.3. The van der Waals surface area contributed by atoms with E-state index in [2.05, 4.69) is 14.9 Å². The molecule has 3 atom stereocenters. The zero-order valence-electron chi connectivity index (χ0n) is 19.1. The van der Waals surface area contributed by atoms with Crippen molar-refractivity contribution in [3.05, 3.63) is 60.6 Å². The van der Waals surface area contributed by atoms with Crippen molar-refractivity contribution in [2.24, 2.45) is 11.8 Å². The molecule has 3 aromatic rings. The molecule has 0 saturated carbocycles. The number of aliphatic hydroxyl groups is 1. The number of hydrogen-bond acceptors (Lipinski definition) is 6. The highest BCUT2D eigenvalue weighted by molar-refractivity contribution is 7.99. The molecule has 5 nitrogen and oxygen atoms in total. The number of alkyl halides is 1. The fourth-order valence-corrected chi connectivity index (χ4v) is 5.64. The molecular formula is C26H32FN3O2S. The molecule has 33 heavy (non-hydrogen) atoms. The van der Waals surface area contributed by atoms with Crippen LogP contribution in [0, 0.1) is 11.8 Å². The third kappa shape index (κ3) is 6.22. The Bertz CT molecular complexity index is 1020. The van der Waals surface area contributed by atoms with E-state index >= 15 is 4.39 Å². The van der Waals surface area contributed by atoms with E-state index < -0.39 is 6.17 Å². The average molecular weight is 470 g/mol. The number of ether oxygens (including phenoxy) is 1. The summed E-state index contributed by atoms with van der Waals surface area (Å²) in [5.74, 6) is 2.27. The van der Waals surface area contributed by atoms with E-state index in [1.165, 1.54) is 4.90 Å². The van der Waals surface area contributed by atoms with Crippen molar-refractivity contribution in [2.75, 3.05) is 39.1 Å². The number of nitrogens with zero attached hydrogens (tertiary/aromatic N) is 3. The van der Waals surface area contributed by atoms with Crippen LogP contribution in [0.2, 0.25) is 0 Å². The fourth-order valence-electron chi connectivity index (χ4n) is 4.74. The van der Waals surface area contributed by atoms with Crippen LogP contribution in [0.3, 0.4) is 0 Å². The summed E-state index contributed by atoms with van der Waals surface area (Å²) in [6.45, 7) is 3.03. The van der Waals surface area contributed by atoms with Crippen LogP contribution in [0.25, 0.3) is 10.9 Å². The van der Waals surface area contributed by atoms with Crippen molar-refractivity contribution in [3.8, 4) is 5.75 Å². The standard InChI is InChI=1S/C26H32FN3O2S/c1-32-21-3-5-26-24(16-21)23(8-12-29-26)25(27)4-2-19-9-13-30(17-20(19)18-31)14-15-33-22-6-10-28-11-7-22/h3,5-8,10-12,16,19-20,25,31H,2,4,9,13-15,17-18H2,1H3/t19-,20-,25-/m1/s1. The Kier molecular flexibility index (Phi) is 8.53. The number of likely N-dealkylation sites (tertiary alicyclic amines) is 1. The Morgan fingerprint density at radius 2 is 2.03 bits per heavy atom. The van der Waals surface area contributed by atoms with Gasteiger partial charge in [0, 0.05) is 54.3 Å². The van der Waals surface area contributed by atoms with Gasteiger partial charge in [0.2, 0.25) is 0 Å². The van der Waals surface area contributed by atoms with Gasteiger partial charge in [-0.1, -0.05) is 0 Å². The summed E-state index contributed by atoms with van der Waals surface area (Å²) < 4.78 is 20.7. The number of aliphatic hydroxyl groups excluding tert-OH is 1. The number of hydrogen-bond donors (Lipinski definition) is 1. The van der Waals surface area contributed by atoms with Crippen molar-refractivity contribution in [3.63, 3.8) is 0 Å². The third-order valence-electron chi connectivity index (χ3n) is 6.65. The molecular weight excluding hydrogens is 437 g/mol. The molecule has 1 aliphatic rings. The number of aromatic nitrogens is 2. The minimum atomic E-state index is -1.06. The number of piperidine rings is 1. The molecule has 0 radical (unpaired) electrons. The summed E-state index contributed by atoms with van der Waals surface area (Å²) in [5.41, 5.74) is 1.45.